The van der Waals surface area contributed by atoms with E-state index in [1.165, 1.54) is 40.8 Å². The monoisotopic (exact) mass is 368 g/mol. The van der Waals surface area contributed by atoms with Crippen LogP contribution in [-0.2, 0) is 5.75 Å². The first-order chi connectivity index (χ1) is 12.2. The summed E-state index contributed by atoms with van der Waals surface area (Å²) >= 11 is 3.63. The maximum absolute atomic E-state index is 5.17. The lowest BCUT2D eigenvalue weighted by Gasteiger charge is -2.27. The molecule has 0 radical (unpaired) electrons. The van der Waals surface area contributed by atoms with Crippen molar-refractivity contribution in [2.45, 2.75) is 57.4 Å². The highest BCUT2D eigenvalue weighted by molar-refractivity contribution is 8.15. The minimum absolute atomic E-state index is 0.165. The Hall–Kier alpha value is -1.39. The number of hydrogen-bond donors (Lipinski definition) is 0. The third kappa shape index (κ3) is 3.61. The highest BCUT2D eigenvalue weighted by atomic mass is 32.2. The number of nitrogens with zero attached hydrogens (tertiary/aromatic N) is 2. The van der Waals surface area contributed by atoms with Crippen LogP contribution in [0.3, 0.4) is 0 Å². The molecule has 4 heteroatoms. The molecule has 1 aromatic heterocycles. The smallest absolute Gasteiger partial charge is 0.152 e. The second kappa shape index (κ2) is 7.08. The van der Waals surface area contributed by atoms with Gasteiger partial charge in [-0.15, -0.1) is 11.3 Å². The fraction of sp³-hybridized carbons (Fsp3) is 0.429. The number of thiophene rings is 1. The van der Waals surface area contributed by atoms with Gasteiger partial charge in [0.05, 0.1) is 4.88 Å². The van der Waals surface area contributed by atoms with Crippen LogP contribution in [0.2, 0.25) is 0 Å². The molecule has 2 nitrogen and oxygen atoms in total. The molecule has 1 fully saturated rings. The molecule has 0 unspecified atom stereocenters. The molecule has 0 atom stereocenters. The van der Waals surface area contributed by atoms with Gasteiger partial charge in [-0.05, 0) is 62.1 Å². The molecule has 1 aliphatic carbocycles. The Kier molecular flexibility index (Phi) is 4.83. The summed E-state index contributed by atoms with van der Waals surface area (Å²) in [5.41, 5.74) is 5.06. The van der Waals surface area contributed by atoms with Gasteiger partial charge in [0.15, 0.2) is 5.66 Å². The molecule has 0 amide bonds. The number of benzene rings is 1. The molecule has 25 heavy (non-hydrogen) atoms. The summed E-state index contributed by atoms with van der Waals surface area (Å²) in [6, 6.07) is 11.0. The van der Waals surface area contributed by atoms with Gasteiger partial charge in [0.1, 0.15) is 10.8 Å². The van der Waals surface area contributed by atoms with E-state index in [1.54, 1.807) is 11.3 Å². The highest BCUT2D eigenvalue weighted by Gasteiger charge is 2.37. The molecule has 130 valence electrons. The molecule has 2 aromatic rings. The van der Waals surface area contributed by atoms with Crippen molar-refractivity contribution in [3.05, 3.63) is 57.3 Å². The molecule has 2 aliphatic rings. The molecule has 4 rings (SSSR count). The van der Waals surface area contributed by atoms with Crippen LogP contribution in [0.4, 0.5) is 0 Å². The van der Waals surface area contributed by atoms with Gasteiger partial charge in [-0.1, -0.05) is 48.0 Å². The van der Waals surface area contributed by atoms with Gasteiger partial charge in [0.2, 0.25) is 0 Å². The zero-order valence-electron chi connectivity index (χ0n) is 14.9. The Morgan fingerprint density at radius 2 is 1.92 bits per heavy atom. The molecule has 1 aliphatic heterocycles. The van der Waals surface area contributed by atoms with Gasteiger partial charge in [-0.2, -0.15) is 0 Å². The molecule has 0 N–H and O–H groups in total. The van der Waals surface area contributed by atoms with Crippen molar-refractivity contribution < 1.29 is 0 Å². The van der Waals surface area contributed by atoms with Crippen molar-refractivity contribution in [1.82, 2.24) is 0 Å². The van der Waals surface area contributed by atoms with E-state index in [0.29, 0.717) is 0 Å². The Morgan fingerprint density at radius 1 is 1.08 bits per heavy atom. The normalized spacial score (nSPS) is 19.1. The van der Waals surface area contributed by atoms with E-state index in [-0.39, 0.29) is 5.66 Å². The van der Waals surface area contributed by atoms with Crippen molar-refractivity contribution in [3.63, 3.8) is 0 Å². The van der Waals surface area contributed by atoms with Gasteiger partial charge in [0.25, 0.3) is 0 Å². The molecule has 1 aromatic carbocycles. The number of rotatable bonds is 3. The van der Waals surface area contributed by atoms with Crippen LogP contribution in [-0.4, -0.2) is 16.4 Å². The topological polar surface area (TPSA) is 24.7 Å². The molecule has 0 bridgehead atoms. The van der Waals surface area contributed by atoms with Gasteiger partial charge in [-0.25, -0.2) is 4.99 Å². The third-order valence-corrected chi connectivity index (χ3v) is 7.00. The summed E-state index contributed by atoms with van der Waals surface area (Å²) in [5, 5.41) is 3.28. The van der Waals surface area contributed by atoms with Crippen LogP contribution in [0.1, 0.15) is 53.7 Å². The summed E-state index contributed by atoms with van der Waals surface area (Å²) in [6.45, 7) is 4.36. The Balaban J connectivity index is 1.61. The first kappa shape index (κ1) is 17.0. The van der Waals surface area contributed by atoms with Crippen molar-refractivity contribution in [2.75, 3.05) is 0 Å². The minimum Gasteiger partial charge on any atom is -0.251 e. The Morgan fingerprint density at radius 3 is 2.68 bits per heavy atom. The van der Waals surface area contributed by atoms with Gasteiger partial charge in [0, 0.05) is 5.75 Å². The predicted molar refractivity (Wildman–Crippen MR) is 111 cm³/mol. The van der Waals surface area contributed by atoms with E-state index in [2.05, 4.69) is 49.6 Å². The standard InChI is InChI=1S/C21H24N2S2/c1-15-8-9-16(2)17(13-15)14-25-20-19(18-7-6-12-24-18)22-21(23-20)10-4-3-5-11-21/h6-9,12-13H,3-5,10-11,14H2,1-2H3. The summed E-state index contributed by atoms with van der Waals surface area (Å²) in [6.07, 6.45) is 6.04. The van der Waals surface area contributed by atoms with Crippen molar-refractivity contribution in [1.29, 1.82) is 0 Å². The lowest BCUT2D eigenvalue weighted by molar-refractivity contribution is 0.317. The SMILES string of the molecule is Cc1ccc(C)c(CSC2=NC3(CCCCC3)N=C2c2cccs2)c1. The quantitative estimate of drug-likeness (QED) is 0.637. The number of hydrogen-bond acceptors (Lipinski definition) is 4. The summed E-state index contributed by atoms with van der Waals surface area (Å²) in [4.78, 5) is 11.6. The number of thioether (sulfide) groups is 1. The summed E-state index contributed by atoms with van der Waals surface area (Å²) in [7, 11) is 0. The second-order valence-corrected chi connectivity index (χ2v) is 9.03. The van der Waals surface area contributed by atoms with E-state index in [9.17, 15) is 0 Å². The van der Waals surface area contributed by atoms with Crippen LogP contribution in [0.5, 0.6) is 0 Å². The van der Waals surface area contributed by atoms with Crippen LogP contribution in [0.25, 0.3) is 0 Å². The fourth-order valence-electron chi connectivity index (χ4n) is 3.64. The second-order valence-electron chi connectivity index (χ2n) is 7.12. The molecule has 1 spiro atoms. The third-order valence-electron chi connectivity index (χ3n) is 5.11. The lowest BCUT2D eigenvalue weighted by Crippen LogP contribution is -2.25. The number of aliphatic imine (C=N–C) groups is 2. The zero-order valence-corrected chi connectivity index (χ0v) is 16.6. The number of aryl methyl sites for hydroxylation is 2. The highest BCUT2D eigenvalue weighted by Crippen LogP contribution is 2.39. The van der Waals surface area contributed by atoms with Crippen LogP contribution >= 0.6 is 23.1 Å². The van der Waals surface area contributed by atoms with Crippen molar-refractivity contribution in [2.24, 2.45) is 9.98 Å². The van der Waals surface area contributed by atoms with Crippen LogP contribution < -0.4 is 0 Å². The van der Waals surface area contributed by atoms with Crippen LogP contribution in [0, 0.1) is 13.8 Å². The van der Waals surface area contributed by atoms with Crippen molar-refractivity contribution in [3.8, 4) is 0 Å². The fourth-order valence-corrected chi connectivity index (χ4v) is 5.55. The maximum Gasteiger partial charge on any atom is 0.152 e. The average molecular weight is 369 g/mol. The van der Waals surface area contributed by atoms with Crippen molar-refractivity contribution >= 4 is 33.9 Å². The largest absolute Gasteiger partial charge is 0.251 e. The first-order valence-corrected chi connectivity index (χ1v) is 10.9. The van der Waals surface area contributed by atoms with E-state index in [0.717, 1.165) is 29.3 Å². The van der Waals surface area contributed by atoms with Gasteiger partial charge >= 0.3 is 0 Å². The lowest BCUT2D eigenvalue weighted by atomic mass is 9.90. The Labute approximate surface area is 158 Å². The summed E-state index contributed by atoms with van der Waals surface area (Å²) in [5.74, 6) is 0.965. The average Bonchev–Trinajstić information content (AvgIpc) is 3.25. The van der Waals surface area contributed by atoms with Gasteiger partial charge < -0.3 is 0 Å². The summed E-state index contributed by atoms with van der Waals surface area (Å²) < 4.78 is 0. The Bertz CT molecular complexity index is 812. The van der Waals surface area contributed by atoms with E-state index in [4.69, 9.17) is 9.98 Å². The molecular weight excluding hydrogens is 344 g/mol. The maximum atomic E-state index is 5.17. The zero-order chi connectivity index (χ0) is 17.3. The molecule has 0 saturated heterocycles. The molecular formula is C21H24N2S2. The van der Waals surface area contributed by atoms with E-state index >= 15 is 0 Å². The molecule has 1 saturated carbocycles. The minimum atomic E-state index is -0.165. The van der Waals surface area contributed by atoms with E-state index in [1.807, 2.05) is 11.8 Å². The van der Waals surface area contributed by atoms with E-state index < -0.39 is 0 Å². The molecule has 2 heterocycles. The van der Waals surface area contributed by atoms with Crippen LogP contribution in [0.15, 0.2) is 45.7 Å². The van der Waals surface area contributed by atoms with Gasteiger partial charge in [-0.3, -0.25) is 4.99 Å². The predicted octanol–water partition coefficient (Wildman–Crippen LogP) is 6.16. The first-order valence-electron chi connectivity index (χ1n) is 9.08.